The minimum atomic E-state index is -1.16. The molecule has 1 aromatic carbocycles. The Kier molecular flexibility index (Phi) is 4.22. The first kappa shape index (κ1) is 15.0. The Morgan fingerprint density at radius 2 is 2.33 bits per heavy atom. The van der Waals surface area contributed by atoms with Gasteiger partial charge in [0.1, 0.15) is 0 Å². The van der Waals surface area contributed by atoms with Gasteiger partial charge in [-0.1, -0.05) is 0 Å². The Balaban J connectivity index is 2.47. The second kappa shape index (κ2) is 5.92. The number of hydrogen-bond acceptors (Lipinski definition) is 6. The van der Waals surface area contributed by atoms with E-state index in [0.717, 1.165) is 12.1 Å². The van der Waals surface area contributed by atoms with E-state index < -0.39 is 28.4 Å². The molecule has 0 amide bonds. The highest BCUT2D eigenvalue weighted by Gasteiger charge is 2.32. The fraction of sp³-hybridized carbons (Fsp3) is 0.417. The number of nitro groups is 1. The van der Waals surface area contributed by atoms with Crippen molar-refractivity contribution in [3.8, 4) is 5.75 Å². The minimum Gasteiger partial charge on any atom is -0.490 e. The number of hydrogen-bond donors (Lipinski definition) is 1. The third-order valence-corrected chi connectivity index (χ3v) is 3.17. The molecule has 0 spiro atoms. The first-order valence-electron chi connectivity index (χ1n) is 6.04. The van der Waals surface area contributed by atoms with Gasteiger partial charge in [0.05, 0.1) is 37.0 Å². The molecule has 0 bridgehead atoms. The van der Waals surface area contributed by atoms with E-state index >= 15 is 0 Å². The molecule has 0 radical (unpaired) electrons. The quantitative estimate of drug-likeness (QED) is 0.654. The third-order valence-electron chi connectivity index (χ3n) is 3.17. The average molecular weight is 300 g/mol. The van der Waals surface area contributed by atoms with Crippen LogP contribution < -0.4 is 9.64 Å². The fourth-order valence-electron chi connectivity index (χ4n) is 2.16. The molecule has 1 fully saturated rings. The minimum absolute atomic E-state index is 0.0619. The lowest BCUT2D eigenvalue weighted by Gasteiger charge is -2.34. The zero-order valence-corrected chi connectivity index (χ0v) is 11.1. The van der Waals surface area contributed by atoms with Crippen LogP contribution in [-0.4, -0.2) is 48.9 Å². The number of halogens is 1. The van der Waals surface area contributed by atoms with Crippen molar-refractivity contribution < 1.29 is 28.7 Å². The molecule has 21 heavy (non-hydrogen) atoms. The summed E-state index contributed by atoms with van der Waals surface area (Å²) in [6, 6.07) is 0.802. The molecule has 1 aliphatic heterocycles. The number of methoxy groups -OCH3 is 1. The molecule has 1 atom stereocenters. The molecule has 0 saturated carbocycles. The summed E-state index contributed by atoms with van der Waals surface area (Å²) in [5.74, 6) is -2.17. The number of morpholine rings is 1. The molecule has 1 heterocycles. The molecule has 1 saturated heterocycles. The Bertz CT molecular complexity index is 579. The first-order valence-corrected chi connectivity index (χ1v) is 6.04. The van der Waals surface area contributed by atoms with Crippen molar-refractivity contribution in [3.05, 3.63) is 28.1 Å². The Hall–Kier alpha value is -2.42. The van der Waals surface area contributed by atoms with Crippen LogP contribution in [0.25, 0.3) is 0 Å². The molecular weight excluding hydrogens is 287 g/mol. The zero-order chi connectivity index (χ0) is 15.6. The zero-order valence-electron chi connectivity index (χ0n) is 11.1. The second-order valence-electron chi connectivity index (χ2n) is 4.35. The molecule has 0 aliphatic carbocycles. The molecule has 1 N–H and O–H groups in total. The molecule has 1 aliphatic rings. The molecule has 8 nitrogen and oxygen atoms in total. The van der Waals surface area contributed by atoms with Crippen LogP contribution in [0.4, 0.5) is 15.8 Å². The molecule has 1 aromatic rings. The number of ether oxygens (including phenoxy) is 2. The summed E-state index contributed by atoms with van der Waals surface area (Å²) in [6.45, 7) is 0.311. The molecule has 2 rings (SSSR count). The fourth-order valence-corrected chi connectivity index (χ4v) is 2.16. The molecule has 0 aromatic heterocycles. The van der Waals surface area contributed by atoms with Crippen LogP contribution in [0.5, 0.6) is 5.75 Å². The van der Waals surface area contributed by atoms with Crippen LogP contribution in [0, 0.1) is 15.9 Å². The number of benzene rings is 1. The van der Waals surface area contributed by atoms with Crippen LogP contribution in [0.3, 0.4) is 0 Å². The van der Waals surface area contributed by atoms with Crippen LogP contribution in [0.15, 0.2) is 12.1 Å². The summed E-state index contributed by atoms with van der Waals surface area (Å²) in [6.07, 6.45) is 0. The maximum Gasteiger partial charge on any atom is 0.328 e. The Morgan fingerprint density at radius 1 is 1.62 bits per heavy atom. The van der Waals surface area contributed by atoms with Gasteiger partial charge in [-0.15, -0.1) is 0 Å². The summed E-state index contributed by atoms with van der Waals surface area (Å²) in [7, 11) is 1.22. The van der Waals surface area contributed by atoms with Gasteiger partial charge in [-0.25, -0.2) is 9.18 Å². The lowest BCUT2D eigenvalue weighted by Crippen LogP contribution is -2.50. The number of carbonyl (C=O) groups is 1. The maximum atomic E-state index is 14.1. The van der Waals surface area contributed by atoms with Crippen LogP contribution in [0.2, 0.25) is 0 Å². The van der Waals surface area contributed by atoms with Crippen molar-refractivity contribution in [3.63, 3.8) is 0 Å². The summed E-state index contributed by atoms with van der Waals surface area (Å²) < 4.78 is 24.1. The average Bonchev–Trinajstić information content (AvgIpc) is 2.46. The maximum absolute atomic E-state index is 14.1. The predicted molar refractivity (Wildman–Crippen MR) is 69.2 cm³/mol. The Labute approximate surface area is 118 Å². The van der Waals surface area contributed by atoms with E-state index in [0.29, 0.717) is 0 Å². The van der Waals surface area contributed by atoms with E-state index in [9.17, 15) is 19.3 Å². The van der Waals surface area contributed by atoms with Crippen LogP contribution in [0.1, 0.15) is 0 Å². The van der Waals surface area contributed by atoms with E-state index in [1.54, 1.807) is 0 Å². The lowest BCUT2D eigenvalue weighted by atomic mass is 10.1. The van der Waals surface area contributed by atoms with Crippen LogP contribution in [-0.2, 0) is 9.53 Å². The second-order valence-corrected chi connectivity index (χ2v) is 4.35. The third kappa shape index (κ3) is 2.87. The first-order chi connectivity index (χ1) is 9.95. The smallest absolute Gasteiger partial charge is 0.328 e. The van der Waals surface area contributed by atoms with Gasteiger partial charge in [-0.3, -0.25) is 10.1 Å². The van der Waals surface area contributed by atoms with Crippen LogP contribution >= 0.6 is 0 Å². The largest absolute Gasteiger partial charge is 0.490 e. The van der Waals surface area contributed by atoms with Crippen molar-refractivity contribution >= 4 is 17.3 Å². The number of anilines is 1. The monoisotopic (exact) mass is 300 g/mol. The number of nitro benzene ring substituents is 1. The standard InChI is InChI=1S/C12H13FN2O6/c1-20-11-5-8(7(13)4-9(11)15(18)19)14-2-3-21-6-10(14)12(16)17/h4-5,10H,2-3,6H2,1H3,(H,16,17). The van der Waals surface area contributed by atoms with E-state index in [2.05, 4.69) is 0 Å². The lowest BCUT2D eigenvalue weighted by molar-refractivity contribution is -0.385. The summed E-state index contributed by atoms with van der Waals surface area (Å²) in [4.78, 5) is 22.6. The highest BCUT2D eigenvalue weighted by Crippen LogP contribution is 2.35. The molecule has 9 heteroatoms. The highest BCUT2D eigenvalue weighted by molar-refractivity contribution is 5.79. The number of carboxylic acid groups (broad SMARTS) is 1. The summed E-state index contributed by atoms with van der Waals surface area (Å²) in [5.41, 5.74) is -0.577. The Morgan fingerprint density at radius 3 is 2.90 bits per heavy atom. The topological polar surface area (TPSA) is 102 Å². The number of carboxylic acids is 1. The van der Waals surface area contributed by atoms with Crippen molar-refractivity contribution in [2.24, 2.45) is 0 Å². The molecule has 114 valence electrons. The van der Waals surface area contributed by atoms with Gasteiger partial charge in [-0.05, 0) is 0 Å². The molecular formula is C12H13FN2O6. The summed E-state index contributed by atoms with van der Waals surface area (Å²) in [5, 5.41) is 20.0. The van der Waals surface area contributed by atoms with Crippen molar-refractivity contribution in [2.45, 2.75) is 6.04 Å². The van der Waals surface area contributed by atoms with E-state index in [4.69, 9.17) is 14.6 Å². The molecule has 1 unspecified atom stereocenters. The number of rotatable bonds is 4. The predicted octanol–water partition coefficient (Wildman–Crippen LogP) is 1.03. The van der Waals surface area contributed by atoms with E-state index in [1.807, 2.05) is 0 Å². The van der Waals surface area contributed by atoms with Crippen molar-refractivity contribution in [1.29, 1.82) is 0 Å². The van der Waals surface area contributed by atoms with Gasteiger partial charge >= 0.3 is 11.7 Å². The SMILES string of the molecule is COc1cc(N2CCOCC2C(=O)O)c(F)cc1[N+](=O)[O-]. The number of nitrogens with zero attached hydrogens (tertiary/aromatic N) is 2. The van der Waals surface area contributed by atoms with Gasteiger partial charge in [-0.2, -0.15) is 0 Å². The van der Waals surface area contributed by atoms with Gasteiger partial charge in [0.15, 0.2) is 17.6 Å². The van der Waals surface area contributed by atoms with Gasteiger partial charge < -0.3 is 19.5 Å². The number of aliphatic carboxylic acids is 1. The summed E-state index contributed by atoms with van der Waals surface area (Å²) >= 11 is 0. The van der Waals surface area contributed by atoms with Gasteiger partial charge in [0.25, 0.3) is 0 Å². The normalized spacial score (nSPS) is 18.4. The highest BCUT2D eigenvalue weighted by atomic mass is 19.1. The van der Waals surface area contributed by atoms with Crippen molar-refractivity contribution in [2.75, 3.05) is 31.8 Å². The van der Waals surface area contributed by atoms with Gasteiger partial charge in [0, 0.05) is 12.6 Å². The van der Waals surface area contributed by atoms with Gasteiger partial charge in [0.2, 0.25) is 0 Å². The van der Waals surface area contributed by atoms with E-state index in [-0.39, 0.29) is 31.2 Å². The van der Waals surface area contributed by atoms with E-state index in [1.165, 1.54) is 12.0 Å². The van der Waals surface area contributed by atoms with Crippen molar-refractivity contribution in [1.82, 2.24) is 0 Å².